The molecule has 1 fully saturated rings. The Morgan fingerprint density at radius 2 is 2.50 bits per heavy atom. The molecular weight excluding hydrogens is 180 g/mol. The van der Waals surface area contributed by atoms with E-state index in [9.17, 15) is 0 Å². The fraction of sp³-hybridized carbons (Fsp3) is 0.778. The lowest BCUT2D eigenvalue weighted by Gasteiger charge is -2.11. The predicted molar refractivity (Wildman–Crippen MR) is 51.6 cm³/mol. The van der Waals surface area contributed by atoms with Gasteiger partial charge in [-0.15, -0.1) is 5.10 Å². The quantitative estimate of drug-likeness (QED) is 0.737. The number of ether oxygens (including phenoxy) is 1. The Morgan fingerprint density at radius 1 is 1.71 bits per heavy atom. The number of nitrogens with zero attached hydrogens (tertiary/aromatic N) is 3. The minimum Gasteiger partial charge on any atom is -0.383 e. The third-order valence-electron chi connectivity index (χ3n) is 2.50. The van der Waals surface area contributed by atoms with Crippen molar-refractivity contribution in [2.45, 2.75) is 25.4 Å². The van der Waals surface area contributed by atoms with Crippen molar-refractivity contribution in [1.29, 1.82) is 0 Å². The van der Waals surface area contributed by atoms with Gasteiger partial charge in [-0.25, -0.2) is 4.68 Å². The van der Waals surface area contributed by atoms with Gasteiger partial charge in [-0.1, -0.05) is 5.21 Å². The zero-order valence-electron chi connectivity index (χ0n) is 8.39. The molecule has 5 nitrogen and oxygen atoms in total. The molecule has 2 rings (SSSR count). The highest BCUT2D eigenvalue weighted by Gasteiger charge is 2.24. The SMILES string of the molecule is COCC(N)c1cnnn1CC1CC1. The van der Waals surface area contributed by atoms with Crippen LogP contribution < -0.4 is 5.73 Å². The molecule has 14 heavy (non-hydrogen) atoms. The van der Waals surface area contributed by atoms with Crippen molar-refractivity contribution >= 4 is 0 Å². The van der Waals surface area contributed by atoms with Gasteiger partial charge in [-0.2, -0.15) is 0 Å². The van der Waals surface area contributed by atoms with Crippen LogP contribution in [0.15, 0.2) is 6.20 Å². The van der Waals surface area contributed by atoms with Crippen molar-refractivity contribution < 1.29 is 4.74 Å². The molecule has 5 heteroatoms. The number of methoxy groups -OCH3 is 1. The van der Waals surface area contributed by atoms with Crippen molar-refractivity contribution in [3.05, 3.63) is 11.9 Å². The molecule has 0 amide bonds. The van der Waals surface area contributed by atoms with Gasteiger partial charge in [-0.3, -0.25) is 0 Å². The Kier molecular flexibility index (Phi) is 2.79. The zero-order chi connectivity index (χ0) is 9.97. The van der Waals surface area contributed by atoms with Crippen molar-refractivity contribution in [1.82, 2.24) is 15.0 Å². The highest BCUT2D eigenvalue weighted by molar-refractivity contribution is 5.01. The summed E-state index contributed by atoms with van der Waals surface area (Å²) in [6, 6.07) is -0.117. The minimum absolute atomic E-state index is 0.117. The number of aromatic nitrogens is 3. The molecule has 0 aliphatic heterocycles. The standard InChI is InChI=1S/C9H16N4O/c1-14-6-8(10)9-4-11-12-13(9)5-7-2-3-7/h4,7-8H,2-3,5-6,10H2,1H3. The minimum atomic E-state index is -0.117. The van der Waals surface area contributed by atoms with Crippen LogP contribution in [0.25, 0.3) is 0 Å². The smallest absolute Gasteiger partial charge is 0.0778 e. The molecule has 1 heterocycles. The van der Waals surface area contributed by atoms with E-state index in [1.807, 2.05) is 4.68 Å². The van der Waals surface area contributed by atoms with E-state index in [1.165, 1.54) is 12.8 Å². The normalized spacial score (nSPS) is 18.4. The molecule has 1 aliphatic rings. The van der Waals surface area contributed by atoms with E-state index in [0.29, 0.717) is 6.61 Å². The first-order chi connectivity index (χ1) is 6.81. The molecule has 0 spiro atoms. The molecule has 2 N–H and O–H groups in total. The highest BCUT2D eigenvalue weighted by Crippen LogP contribution is 2.30. The molecule has 1 saturated carbocycles. The molecular formula is C9H16N4O. The summed E-state index contributed by atoms with van der Waals surface area (Å²) in [7, 11) is 1.65. The maximum Gasteiger partial charge on any atom is 0.0778 e. The molecule has 0 aromatic carbocycles. The summed E-state index contributed by atoms with van der Waals surface area (Å²) in [6.45, 7) is 1.46. The van der Waals surface area contributed by atoms with Crippen LogP contribution in [0.5, 0.6) is 0 Å². The lowest BCUT2D eigenvalue weighted by atomic mass is 10.2. The molecule has 0 bridgehead atoms. The maximum atomic E-state index is 5.92. The number of hydrogen-bond acceptors (Lipinski definition) is 4. The molecule has 1 unspecified atom stereocenters. The van der Waals surface area contributed by atoms with E-state index in [2.05, 4.69) is 10.3 Å². The van der Waals surface area contributed by atoms with Crippen molar-refractivity contribution in [2.75, 3.05) is 13.7 Å². The third kappa shape index (κ3) is 2.10. The van der Waals surface area contributed by atoms with Gasteiger partial charge in [0.15, 0.2) is 0 Å². The summed E-state index contributed by atoms with van der Waals surface area (Å²) in [5.41, 5.74) is 6.89. The van der Waals surface area contributed by atoms with Gasteiger partial charge >= 0.3 is 0 Å². The molecule has 0 radical (unpaired) electrons. The second-order valence-electron chi connectivity index (χ2n) is 3.85. The average Bonchev–Trinajstić information content (AvgIpc) is 2.82. The first kappa shape index (κ1) is 9.61. The van der Waals surface area contributed by atoms with Crippen molar-refractivity contribution in [3.8, 4) is 0 Å². The van der Waals surface area contributed by atoms with Gasteiger partial charge in [-0.05, 0) is 18.8 Å². The monoisotopic (exact) mass is 196 g/mol. The Hall–Kier alpha value is -0.940. The largest absolute Gasteiger partial charge is 0.383 e. The Balaban J connectivity index is 2.03. The molecule has 1 aliphatic carbocycles. The number of nitrogens with two attached hydrogens (primary N) is 1. The van der Waals surface area contributed by atoms with E-state index in [0.717, 1.165) is 18.2 Å². The second kappa shape index (κ2) is 4.06. The lowest BCUT2D eigenvalue weighted by Crippen LogP contribution is -2.21. The van der Waals surface area contributed by atoms with Crippen LogP contribution in [-0.2, 0) is 11.3 Å². The fourth-order valence-electron chi connectivity index (χ4n) is 1.50. The first-order valence-corrected chi connectivity index (χ1v) is 4.94. The van der Waals surface area contributed by atoms with Crippen LogP contribution in [0.1, 0.15) is 24.6 Å². The van der Waals surface area contributed by atoms with Crippen molar-refractivity contribution in [3.63, 3.8) is 0 Å². The molecule has 1 atom stereocenters. The fourth-order valence-corrected chi connectivity index (χ4v) is 1.50. The lowest BCUT2D eigenvalue weighted by molar-refractivity contribution is 0.177. The van der Waals surface area contributed by atoms with E-state index in [1.54, 1.807) is 13.3 Å². The summed E-state index contributed by atoms with van der Waals surface area (Å²) in [5, 5.41) is 7.91. The second-order valence-corrected chi connectivity index (χ2v) is 3.85. The summed E-state index contributed by atoms with van der Waals surface area (Å²) in [6.07, 6.45) is 4.34. The van der Waals surface area contributed by atoms with Crippen LogP contribution in [0.2, 0.25) is 0 Å². The zero-order valence-corrected chi connectivity index (χ0v) is 8.39. The summed E-state index contributed by atoms with van der Waals surface area (Å²) in [4.78, 5) is 0. The van der Waals surface area contributed by atoms with E-state index < -0.39 is 0 Å². The van der Waals surface area contributed by atoms with Crippen LogP contribution in [0.3, 0.4) is 0 Å². The van der Waals surface area contributed by atoms with Gasteiger partial charge in [0.2, 0.25) is 0 Å². The highest BCUT2D eigenvalue weighted by atomic mass is 16.5. The van der Waals surface area contributed by atoms with Crippen LogP contribution in [0, 0.1) is 5.92 Å². The van der Waals surface area contributed by atoms with Crippen LogP contribution in [0.4, 0.5) is 0 Å². The number of rotatable bonds is 5. The van der Waals surface area contributed by atoms with E-state index >= 15 is 0 Å². The summed E-state index contributed by atoms with van der Waals surface area (Å²) >= 11 is 0. The van der Waals surface area contributed by atoms with Gasteiger partial charge in [0.05, 0.1) is 24.5 Å². The topological polar surface area (TPSA) is 66.0 Å². The Bertz CT molecular complexity index is 295. The van der Waals surface area contributed by atoms with Crippen molar-refractivity contribution in [2.24, 2.45) is 11.7 Å². The van der Waals surface area contributed by atoms with E-state index in [4.69, 9.17) is 10.5 Å². The molecule has 1 aromatic rings. The Morgan fingerprint density at radius 3 is 3.14 bits per heavy atom. The third-order valence-corrected chi connectivity index (χ3v) is 2.50. The van der Waals surface area contributed by atoms with Crippen LogP contribution in [-0.4, -0.2) is 28.7 Å². The summed E-state index contributed by atoms with van der Waals surface area (Å²) < 4.78 is 6.91. The molecule has 1 aromatic heterocycles. The molecule has 0 saturated heterocycles. The van der Waals surface area contributed by atoms with Crippen LogP contribution >= 0.6 is 0 Å². The Labute approximate surface area is 83.2 Å². The van der Waals surface area contributed by atoms with Gasteiger partial charge in [0.25, 0.3) is 0 Å². The predicted octanol–water partition coefficient (Wildman–Crippen LogP) is 0.334. The average molecular weight is 196 g/mol. The summed E-state index contributed by atoms with van der Waals surface area (Å²) in [5.74, 6) is 0.783. The van der Waals surface area contributed by atoms with Gasteiger partial charge in [0, 0.05) is 13.7 Å². The first-order valence-electron chi connectivity index (χ1n) is 4.94. The number of hydrogen-bond donors (Lipinski definition) is 1. The van der Waals surface area contributed by atoms with Gasteiger partial charge < -0.3 is 10.5 Å². The van der Waals surface area contributed by atoms with Gasteiger partial charge in [0.1, 0.15) is 0 Å². The maximum absolute atomic E-state index is 5.92. The molecule has 78 valence electrons. The van der Waals surface area contributed by atoms with E-state index in [-0.39, 0.29) is 6.04 Å².